The maximum atomic E-state index is 13.1. The normalized spacial score (nSPS) is 15.1. The molecule has 0 radical (unpaired) electrons. The summed E-state index contributed by atoms with van der Waals surface area (Å²) >= 11 is 0. The van der Waals surface area contributed by atoms with E-state index in [-0.39, 0.29) is 5.69 Å². The number of fused-ring (bicyclic) bond motifs is 1. The van der Waals surface area contributed by atoms with Gasteiger partial charge >= 0.3 is 6.18 Å². The number of nitrogens with zero attached hydrogens (tertiary/aromatic N) is 5. The molecule has 1 atom stereocenters. The first kappa shape index (κ1) is 29.3. The number of nitrogens with one attached hydrogen (secondary N) is 2. The number of anilines is 3. The zero-order valence-corrected chi connectivity index (χ0v) is 24.3. The molecule has 0 saturated carbocycles. The Hall–Kier alpha value is -4.79. The predicted octanol–water partition coefficient (Wildman–Crippen LogP) is 6.37. The van der Waals surface area contributed by atoms with Crippen molar-refractivity contribution < 1.29 is 18.3 Å². The van der Waals surface area contributed by atoms with Crippen molar-refractivity contribution in [2.24, 2.45) is 0 Å². The van der Waals surface area contributed by atoms with Gasteiger partial charge in [-0.25, -0.2) is 4.98 Å². The first-order chi connectivity index (χ1) is 21.1. The molecule has 5 aromatic rings. The first-order valence-corrected chi connectivity index (χ1v) is 14.3. The molecule has 1 unspecified atom stereocenters. The van der Waals surface area contributed by atoms with E-state index in [1.165, 1.54) is 12.1 Å². The molecule has 0 amide bonds. The summed E-state index contributed by atoms with van der Waals surface area (Å²) in [5.41, 5.74) is 4.52. The van der Waals surface area contributed by atoms with E-state index in [0.29, 0.717) is 22.9 Å². The minimum Gasteiger partial charge on any atom is -0.369 e. The molecule has 6 rings (SSSR count). The second-order valence-corrected chi connectivity index (χ2v) is 11.1. The van der Waals surface area contributed by atoms with Crippen molar-refractivity contribution in [3.05, 3.63) is 107 Å². The fourth-order valence-corrected chi connectivity index (χ4v) is 5.32. The summed E-state index contributed by atoms with van der Waals surface area (Å²) in [5, 5.41) is 21.5. The molecule has 0 spiro atoms. The van der Waals surface area contributed by atoms with Crippen LogP contribution in [0.1, 0.15) is 53.1 Å². The highest BCUT2D eigenvalue weighted by Crippen LogP contribution is 2.32. The number of piperidine rings is 1. The number of alkyl halides is 3. The molecular weight excluding hydrogens is 567 g/mol. The average molecular weight is 600 g/mol. The number of likely N-dealkylation sites (tertiary alicyclic amines) is 1. The van der Waals surface area contributed by atoms with Gasteiger partial charge < -0.3 is 20.6 Å². The summed E-state index contributed by atoms with van der Waals surface area (Å²) in [6, 6.07) is 14.3. The number of aliphatic hydroxyl groups is 1. The van der Waals surface area contributed by atoms with Gasteiger partial charge in [0.2, 0.25) is 0 Å². The first-order valence-electron chi connectivity index (χ1n) is 14.3. The lowest BCUT2D eigenvalue weighted by molar-refractivity contribution is -0.137. The van der Waals surface area contributed by atoms with Gasteiger partial charge in [-0.3, -0.25) is 9.08 Å². The number of imidazole rings is 1. The topological polar surface area (TPSA) is 82.6 Å². The highest BCUT2D eigenvalue weighted by atomic mass is 19.4. The van der Waals surface area contributed by atoms with E-state index in [1.54, 1.807) is 18.3 Å². The van der Waals surface area contributed by atoms with Crippen LogP contribution < -0.4 is 10.6 Å². The lowest BCUT2D eigenvalue weighted by atomic mass is 10.0. The van der Waals surface area contributed by atoms with E-state index in [2.05, 4.69) is 44.5 Å². The van der Waals surface area contributed by atoms with Gasteiger partial charge in [0.25, 0.3) is 0 Å². The molecule has 0 aliphatic carbocycles. The molecule has 2 aromatic carbocycles. The second-order valence-electron chi connectivity index (χ2n) is 11.1. The molecule has 1 saturated heterocycles. The van der Waals surface area contributed by atoms with Crippen LogP contribution in [0.4, 0.5) is 30.2 Å². The van der Waals surface area contributed by atoms with Gasteiger partial charge in [-0.15, -0.1) is 0 Å². The third-order valence-corrected chi connectivity index (χ3v) is 7.87. The zero-order chi connectivity index (χ0) is 30.8. The molecule has 4 heterocycles. The van der Waals surface area contributed by atoms with Crippen molar-refractivity contribution >= 4 is 22.7 Å². The van der Waals surface area contributed by atoms with Crippen LogP contribution in [-0.4, -0.2) is 49.3 Å². The van der Waals surface area contributed by atoms with Crippen LogP contribution in [0, 0.1) is 18.8 Å². The fourth-order valence-electron chi connectivity index (χ4n) is 5.32. The summed E-state index contributed by atoms with van der Waals surface area (Å²) in [6.07, 6.45) is 3.91. The van der Waals surface area contributed by atoms with Crippen LogP contribution in [0.25, 0.3) is 5.65 Å². The second kappa shape index (κ2) is 12.1. The Morgan fingerprint density at radius 2 is 1.82 bits per heavy atom. The largest absolute Gasteiger partial charge is 0.416 e. The minimum atomic E-state index is -4.47. The molecule has 8 nitrogen and oxygen atoms in total. The zero-order valence-electron chi connectivity index (χ0n) is 24.3. The van der Waals surface area contributed by atoms with Gasteiger partial charge in [0.1, 0.15) is 5.69 Å². The van der Waals surface area contributed by atoms with Crippen molar-refractivity contribution in [1.29, 1.82) is 0 Å². The number of halogens is 3. The molecule has 226 valence electrons. The Kier molecular flexibility index (Phi) is 8.03. The lowest BCUT2D eigenvalue weighted by Crippen LogP contribution is -2.31. The van der Waals surface area contributed by atoms with Crippen molar-refractivity contribution in [2.75, 3.05) is 30.8 Å². The Morgan fingerprint density at radius 3 is 2.61 bits per heavy atom. The monoisotopic (exact) mass is 599 g/mol. The van der Waals surface area contributed by atoms with E-state index in [0.717, 1.165) is 60.6 Å². The van der Waals surface area contributed by atoms with Crippen molar-refractivity contribution in [3.63, 3.8) is 0 Å². The van der Waals surface area contributed by atoms with E-state index < -0.39 is 18.0 Å². The Bertz CT molecular complexity index is 1840. The third kappa shape index (κ3) is 6.41. The molecule has 11 heteroatoms. The maximum Gasteiger partial charge on any atom is 0.416 e. The van der Waals surface area contributed by atoms with Crippen LogP contribution in [0.5, 0.6) is 0 Å². The van der Waals surface area contributed by atoms with Gasteiger partial charge in [0, 0.05) is 29.2 Å². The van der Waals surface area contributed by atoms with Gasteiger partial charge in [-0.1, -0.05) is 24.1 Å². The maximum absolute atomic E-state index is 13.1. The number of benzene rings is 2. The van der Waals surface area contributed by atoms with Gasteiger partial charge in [-0.2, -0.15) is 18.3 Å². The highest BCUT2D eigenvalue weighted by Gasteiger charge is 2.30. The van der Waals surface area contributed by atoms with Crippen molar-refractivity contribution in [2.45, 2.75) is 38.2 Å². The molecule has 1 aliphatic rings. The van der Waals surface area contributed by atoms with E-state index in [4.69, 9.17) is 0 Å². The Balaban J connectivity index is 1.19. The minimum absolute atomic E-state index is 0.157. The number of hydrogen-bond donors (Lipinski definition) is 3. The molecule has 1 aliphatic heterocycles. The van der Waals surface area contributed by atoms with Gasteiger partial charge in [0.15, 0.2) is 11.9 Å². The lowest BCUT2D eigenvalue weighted by Gasteiger charge is -2.28. The van der Waals surface area contributed by atoms with Gasteiger partial charge in [0.05, 0.1) is 35.4 Å². The number of hydrogen-bond acceptors (Lipinski definition) is 6. The third-order valence-electron chi connectivity index (χ3n) is 7.87. The summed E-state index contributed by atoms with van der Waals surface area (Å²) in [4.78, 5) is 6.94. The average Bonchev–Trinajstić information content (AvgIpc) is 3.64. The standard InChI is InChI=1S/C33H32F3N7O/c1-22-8-9-24(32(44)40-26-6-3-5-25(18-26)33(34,35)36)17-23(22)10-11-29-20-37-31-30(7-4-14-42(29)31)39-27-19-38-43(21-27)28-12-15-41(2)16-13-28/h3-9,14,17-21,28,32,39-40,44H,12-13,15-16H2,1-2H3. The smallest absolute Gasteiger partial charge is 0.369 e. The van der Waals surface area contributed by atoms with Crippen LogP contribution in [-0.2, 0) is 6.18 Å². The van der Waals surface area contributed by atoms with E-state index in [9.17, 15) is 18.3 Å². The summed E-state index contributed by atoms with van der Waals surface area (Å²) in [5.74, 6) is 6.35. The van der Waals surface area contributed by atoms with Crippen LogP contribution >= 0.6 is 0 Å². The quantitative estimate of drug-likeness (QED) is 0.155. The van der Waals surface area contributed by atoms with Gasteiger partial charge in [-0.05, 0) is 87.8 Å². The SMILES string of the molecule is Cc1ccc(C(O)Nc2cccc(C(F)(F)F)c2)cc1C#Cc1cnc2c(Nc3cnn(C4CCN(C)CC4)c3)cccn12. The van der Waals surface area contributed by atoms with Crippen molar-refractivity contribution in [3.8, 4) is 11.8 Å². The Labute approximate surface area is 253 Å². The molecule has 3 aromatic heterocycles. The van der Waals surface area contributed by atoms with Crippen LogP contribution in [0.3, 0.4) is 0 Å². The fraction of sp³-hybridized carbons (Fsp3) is 0.273. The molecule has 44 heavy (non-hydrogen) atoms. The van der Waals surface area contributed by atoms with Crippen LogP contribution in [0.15, 0.2) is 79.4 Å². The number of rotatable bonds is 6. The number of aromatic nitrogens is 4. The van der Waals surface area contributed by atoms with Crippen molar-refractivity contribution in [1.82, 2.24) is 24.1 Å². The molecule has 3 N–H and O–H groups in total. The summed E-state index contributed by atoms with van der Waals surface area (Å²) in [7, 11) is 2.14. The molecule has 1 fully saturated rings. The number of aliphatic hydroxyl groups excluding tert-OH is 1. The predicted molar refractivity (Wildman–Crippen MR) is 164 cm³/mol. The summed E-state index contributed by atoms with van der Waals surface area (Å²) in [6.45, 7) is 4.03. The highest BCUT2D eigenvalue weighted by molar-refractivity contribution is 5.74. The molecule has 0 bridgehead atoms. The van der Waals surface area contributed by atoms with E-state index in [1.807, 2.05) is 52.8 Å². The van der Waals surface area contributed by atoms with E-state index >= 15 is 0 Å². The number of pyridine rings is 1. The van der Waals surface area contributed by atoms with Crippen LogP contribution in [0.2, 0.25) is 0 Å². The molecular formula is C33H32F3N7O. The summed E-state index contributed by atoms with van der Waals surface area (Å²) < 4.78 is 43.2. The Morgan fingerprint density at radius 1 is 1.00 bits per heavy atom. The number of aryl methyl sites for hydroxylation is 1.